The Morgan fingerprint density at radius 1 is 1.16 bits per heavy atom. The molecule has 3 rings (SSSR count). The summed E-state index contributed by atoms with van der Waals surface area (Å²) in [5.41, 5.74) is 1.09. The number of carbonyl (C=O) groups excluding carboxylic acids is 3. The first-order valence-corrected chi connectivity index (χ1v) is 10.1. The third-order valence-electron chi connectivity index (χ3n) is 5.05. The summed E-state index contributed by atoms with van der Waals surface area (Å²) >= 11 is 0. The average molecular weight is 422 g/mol. The van der Waals surface area contributed by atoms with Crippen LogP contribution in [0.25, 0.3) is 0 Å². The van der Waals surface area contributed by atoms with E-state index in [1.165, 1.54) is 4.90 Å². The highest BCUT2D eigenvalue weighted by Gasteiger charge is 2.46. The fourth-order valence-electron chi connectivity index (χ4n) is 3.49. The average Bonchev–Trinajstić information content (AvgIpc) is 2.98. The fourth-order valence-corrected chi connectivity index (χ4v) is 3.49. The zero-order valence-corrected chi connectivity index (χ0v) is 18.1. The maximum absolute atomic E-state index is 13.1. The van der Waals surface area contributed by atoms with E-state index in [4.69, 9.17) is 4.74 Å². The van der Waals surface area contributed by atoms with Crippen molar-refractivity contribution in [2.75, 3.05) is 6.61 Å². The summed E-state index contributed by atoms with van der Waals surface area (Å²) in [7, 11) is 0. The van der Waals surface area contributed by atoms with E-state index in [0.29, 0.717) is 11.1 Å². The summed E-state index contributed by atoms with van der Waals surface area (Å²) in [5.74, 6) is -1.86. The third-order valence-corrected chi connectivity index (χ3v) is 5.05. The van der Waals surface area contributed by atoms with Crippen LogP contribution in [0.1, 0.15) is 55.2 Å². The molecule has 1 N–H and O–H groups in total. The van der Waals surface area contributed by atoms with Gasteiger partial charge in [0.25, 0.3) is 5.91 Å². The standard InChI is InChI=1S/C24H26N2O5/c1-5-31-23(30)16-10-8-15(9-11-16)14-26-19(17-7-6-12-25-13-17)18(20(27)22(26)29)21(28)24(2,3)4/h6-13,19,27H,5,14H2,1-4H3. The van der Waals surface area contributed by atoms with Crippen LogP contribution in [0.15, 0.2) is 60.1 Å². The van der Waals surface area contributed by atoms with E-state index in [1.807, 2.05) is 0 Å². The SMILES string of the molecule is CCOC(=O)c1ccc(CN2C(=O)C(O)=C(C(=O)C(C)(C)C)C2c2cccnc2)cc1. The van der Waals surface area contributed by atoms with Crippen molar-refractivity contribution in [1.29, 1.82) is 0 Å². The molecule has 0 aliphatic carbocycles. The first-order valence-electron chi connectivity index (χ1n) is 10.1. The van der Waals surface area contributed by atoms with Gasteiger partial charge in [-0.25, -0.2) is 4.79 Å². The molecule has 7 nitrogen and oxygen atoms in total. The van der Waals surface area contributed by atoms with Crippen molar-refractivity contribution < 1.29 is 24.2 Å². The number of benzene rings is 1. The highest BCUT2D eigenvalue weighted by atomic mass is 16.5. The second-order valence-electron chi connectivity index (χ2n) is 8.38. The van der Waals surface area contributed by atoms with Gasteiger partial charge in [-0.15, -0.1) is 0 Å². The Bertz CT molecular complexity index is 1020. The van der Waals surface area contributed by atoms with E-state index in [-0.39, 0.29) is 24.5 Å². The van der Waals surface area contributed by atoms with Crippen LogP contribution < -0.4 is 0 Å². The topological polar surface area (TPSA) is 96.8 Å². The number of hydrogen-bond acceptors (Lipinski definition) is 6. The monoisotopic (exact) mass is 422 g/mol. The van der Waals surface area contributed by atoms with Crippen molar-refractivity contribution in [1.82, 2.24) is 9.88 Å². The van der Waals surface area contributed by atoms with Crippen LogP contribution in [0.5, 0.6) is 0 Å². The molecule has 1 aromatic heterocycles. The van der Waals surface area contributed by atoms with Gasteiger partial charge in [0, 0.05) is 24.4 Å². The molecule has 1 aliphatic rings. The van der Waals surface area contributed by atoms with E-state index >= 15 is 0 Å². The molecular weight excluding hydrogens is 396 g/mol. The minimum atomic E-state index is -0.776. The van der Waals surface area contributed by atoms with Gasteiger partial charge in [-0.2, -0.15) is 0 Å². The predicted octanol–water partition coefficient (Wildman–Crippen LogP) is 3.77. The molecule has 31 heavy (non-hydrogen) atoms. The molecule has 2 heterocycles. The number of aromatic nitrogens is 1. The summed E-state index contributed by atoms with van der Waals surface area (Å²) in [5, 5.41) is 10.6. The maximum atomic E-state index is 13.1. The molecule has 0 saturated carbocycles. The number of nitrogens with zero attached hydrogens (tertiary/aromatic N) is 2. The van der Waals surface area contributed by atoms with Crippen molar-refractivity contribution in [3.63, 3.8) is 0 Å². The number of hydrogen-bond donors (Lipinski definition) is 1. The summed E-state index contributed by atoms with van der Waals surface area (Å²) in [6.07, 6.45) is 3.19. The maximum Gasteiger partial charge on any atom is 0.338 e. The van der Waals surface area contributed by atoms with Crippen LogP contribution in [-0.4, -0.2) is 39.3 Å². The third kappa shape index (κ3) is 4.50. The van der Waals surface area contributed by atoms with Gasteiger partial charge in [0.05, 0.1) is 23.8 Å². The van der Waals surface area contributed by atoms with Gasteiger partial charge in [0.1, 0.15) is 0 Å². The van der Waals surface area contributed by atoms with Crippen molar-refractivity contribution in [2.24, 2.45) is 5.41 Å². The smallest absolute Gasteiger partial charge is 0.338 e. The molecular formula is C24H26N2O5. The van der Waals surface area contributed by atoms with Crippen molar-refractivity contribution >= 4 is 17.7 Å². The molecule has 1 aromatic carbocycles. The number of rotatable bonds is 6. The molecule has 1 unspecified atom stereocenters. The molecule has 0 radical (unpaired) electrons. The largest absolute Gasteiger partial charge is 0.503 e. The first-order chi connectivity index (χ1) is 14.6. The highest BCUT2D eigenvalue weighted by molar-refractivity contribution is 6.10. The number of aliphatic hydroxyl groups is 1. The second kappa shape index (κ2) is 8.71. The zero-order valence-electron chi connectivity index (χ0n) is 18.1. The second-order valence-corrected chi connectivity index (χ2v) is 8.38. The molecule has 0 spiro atoms. The minimum absolute atomic E-state index is 0.0774. The number of esters is 1. The quantitative estimate of drug-likeness (QED) is 0.712. The molecule has 1 amide bonds. The molecule has 0 saturated heterocycles. The Morgan fingerprint density at radius 2 is 1.84 bits per heavy atom. The van der Waals surface area contributed by atoms with Gasteiger partial charge in [-0.05, 0) is 36.2 Å². The Kier molecular flexibility index (Phi) is 6.24. The highest BCUT2D eigenvalue weighted by Crippen LogP contribution is 2.41. The van der Waals surface area contributed by atoms with Crippen molar-refractivity contribution in [3.05, 3.63) is 76.8 Å². The lowest BCUT2D eigenvalue weighted by Gasteiger charge is -2.28. The number of amides is 1. The fraction of sp³-hybridized carbons (Fsp3) is 0.333. The van der Waals surface area contributed by atoms with E-state index < -0.39 is 29.1 Å². The van der Waals surface area contributed by atoms with Crippen LogP contribution in [0, 0.1) is 5.41 Å². The van der Waals surface area contributed by atoms with E-state index in [0.717, 1.165) is 5.56 Å². The number of ketones is 1. The summed E-state index contributed by atoms with van der Waals surface area (Å²) in [6.45, 7) is 7.41. The molecule has 0 bridgehead atoms. The van der Waals surface area contributed by atoms with Crippen molar-refractivity contribution in [2.45, 2.75) is 40.3 Å². The van der Waals surface area contributed by atoms with Gasteiger partial charge in [0.2, 0.25) is 0 Å². The molecule has 1 atom stereocenters. The van der Waals surface area contributed by atoms with Crippen LogP contribution in [0.4, 0.5) is 0 Å². The number of Topliss-reactive ketones (excluding diaryl/α,β-unsaturated/α-hetero) is 1. The zero-order chi connectivity index (χ0) is 22.8. The number of carbonyl (C=O) groups is 3. The number of pyridine rings is 1. The molecule has 1 aliphatic heterocycles. The Balaban J connectivity index is 1.97. The Hall–Kier alpha value is -3.48. The van der Waals surface area contributed by atoms with Gasteiger partial charge >= 0.3 is 5.97 Å². The van der Waals surface area contributed by atoms with E-state index in [2.05, 4.69) is 4.98 Å². The minimum Gasteiger partial charge on any atom is -0.503 e. The Morgan fingerprint density at radius 3 is 2.39 bits per heavy atom. The van der Waals surface area contributed by atoms with Gasteiger partial charge in [-0.1, -0.05) is 39.0 Å². The lowest BCUT2D eigenvalue weighted by atomic mass is 9.82. The van der Waals surface area contributed by atoms with Crippen LogP contribution in [0.3, 0.4) is 0 Å². The van der Waals surface area contributed by atoms with Gasteiger partial charge in [0.15, 0.2) is 11.5 Å². The predicted molar refractivity (Wildman–Crippen MR) is 114 cm³/mol. The molecule has 2 aromatic rings. The van der Waals surface area contributed by atoms with E-state index in [1.54, 1.807) is 76.5 Å². The lowest BCUT2D eigenvalue weighted by Crippen LogP contribution is -2.32. The van der Waals surface area contributed by atoms with Crippen LogP contribution in [0.2, 0.25) is 0 Å². The Labute approximate surface area is 181 Å². The normalized spacial score (nSPS) is 16.6. The summed E-state index contributed by atoms with van der Waals surface area (Å²) in [6, 6.07) is 9.44. The number of aliphatic hydroxyl groups excluding tert-OH is 1. The van der Waals surface area contributed by atoms with Crippen LogP contribution >= 0.6 is 0 Å². The van der Waals surface area contributed by atoms with Crippen molar-refractivity contribution in [3.8, 4) is 0 Å². The first kappa shape index (κ1) is 22.2. The molecule has 0 fully saturated rings. The molecule has 162 valence electrons. The summed E-state index contributed by atoms with van der Waals surface area (Å²) < 4.78 is 4.99. The number of ether oxygens (including phenoxy) is 1. The van der Waals surface area contributed by atoms with Gasteiger partial charge < -0.3 is 14.7 Å². The lowest BCUT2D eigenvalue weighted by molar-refractivity contribution is -0.130. The van der Waals surface area contributed by atoms with Crippen LogP contribution in [-0.2, 0) is 20.9 Å². The van der Waals surface area contributed by atoms with Gasteiger partial charge in [-0.3, -0.25) is 14.6 Å². The molecule has 7 heteroatoms. The van der Waals surface area contributed by atoms with E-state index in [9.17, 15) is 19.5 Å². The summed E-state index contributed by atoms with van der Waals surface area (Å²) in [4.78, 5) is 43.5.